The zero-order valence-electron chi connectivity index (χ0n) is 23.1. The molecule has 10 nitrogen and oxygen atoms in total. The standard InChI is InChI=1S/C30H36N6O4/c1-21-17-23(9-10-26(21)40-2)28(38)35-15-11-30(12-16-35)19-24-20-36(34-33-24)14-6-13-31-27(37)25(32-29(30)39)18-22-7-4-3-5-8-22/h3-5,7-10,17,20,25H,6,11-16,18-19H2,1-2H3,(H,31,37)(H,32,39)/t25-/m0/s1. The van der Waals surface area contributed by atoms with Crippen molar-refractivity contribution in [3.63, 3.8) is 0 Å². The summed E-state index contributed by atoms with van der Waals surface area (Å²) < 4.78 is 7.09. The number of nitrogens with one attached hydrogen (secondary N) is 2. The van der Waals surface area contributed by atoms with Crippen molar-refractivity contribution in [3.05, 3.63) is 77.1 Å². The SMILES string of the molecule is COc1ccc(C(=O)N2CCC3(CC2)Cc2cn(nn2)CCCNC(=O)[C@H](Cc2ccccc2)NC3=O)cc1C. The first-order chi connectivity index (χ1) is 19.4. The van der Waals surface area contributed by atoms with Crippen LogP contribution in [-0.4, -0.2) is 70.4 Å². The third-order valence-electron chi connectivity index (χ3n) is 8.00. The highest BCUT2D eigenvalue weighted by atomic mass is 16.5. The summed E-state index contributed by atoms with van der Waals surface area (Å²) in [4.78, 5) is 42.4. The number of nitrogens with zero attached hydrogens (tertiary/aromatic N) is 4. The predicted molar refractivity (Wildman–Crippen MR) is 149 cm³/mol. The lowest BCUT2D eigenvalue weighted by atomic mass is 9.73. The average Bonchev–Trinajstić information content (AvgIpc) is 3.41. The number of aromatic nitrogens is 3. The second kappa shape index (κ2) is 11.9. The Kier molecular flexibility index (Phi) is 8.14. The van der Waals surface area contributed by atoms with Crippen molar-refractivity contribution in [3.8, 4) is 5.75 Å². The molecule has 0 saturated carbocycles. The quantitative estimate of drug-likeness (QED) is 0.521. The molecule has 3 amide bonds. The smallest absolute Gasteiger partial charge is 0.253 e. The van der Waals surface area contributed by atoms with Gasteiger partial charge in [0.05, 0.1) is 18.2 Å². The predicted octanol–water partition coefficient (Wildman–Crippen LogP) is 2.31. The third-order valence-corrected chi connectivity index (χ3v) is 8.00. The van der Waals surface area contributed by atoms with E-state index in [2.05, 4.69) is 20.9 Å². The van der Waals surface area contributed by atoms with Crippen molar-refractivity contribution in [1.29, 1.82) is 0 Å². The lowest BCUT2D eigenvalue weighted by molar-refractivity contribution is -0.137. The van der Waals surface area contributed by atoms with E-state index in [4.69, 9.17) is 4.74 Å². The first-order valence-corrected chi connectivity index (χ1v) is 13.8. The summed E-state index contributed by atoms with van der Waals surface area (Å²) in [5.74, 6) is 0.271. The Hall–Kier alpha value is -4.21. The van der Waals surface area contributed by atoms with Gasteiger partial charge in [-0.3, -0.25) is 19.1 Å². The molecule has 2 aliphatic heterocycles. The van der Waals surface area contributed by atoms with E-state index in [0.717, 1.165) is 22.6 Å². The van der Waals surface area contributed by atoms with Gasteiger partial charge in [0.25, 0.3) is 5.91 Å². The van der Waals surface area contributed by atoms with Gasteiger partial charge in [-0.1, -0.05) is 35.5 Å². The van der Waals surface area contributed by atoms with Crippen molar-refractivity contribution in [1.82, 2.24) is 30.5 Å². The lowest BCUT2D eigenvalue weighted by Crippen LogP contribution is -2.56. The monoisotopic (exact) mass is 544 g/mol. The maximum Gasteiger partial charge on any atom is 0.253 e. The van der Waals surface area contributed by atoms with Crippen molar-refractivity contribution in [2.75, 3.05) is 26.7 Å². The van der Waals surface area contributed by atoms with E-state index >= 15 is 0 Å². The Morgan fingerprint density at radius 1 is 1.10 bits per heavy atom. The number of hydrogen-bond acceptors (Lipinski definition) is 6. The number of methoxy groups -OCH3 is 1. The van der Waals surface area contributed by atoms with E-state index in [-0.39, 0.29) is 17.7 Å². The molecule has 40 heavy (non-hydrogen) atoms. The van der Waals surface area contributed by atoms with E-state index in [1.807, 2.05) is 49.5 Å². The number of rotatable bonds is 4. The number of amides is 3. The van der Waals surface area contributed by atoms with Crippen LogP contribution in [0.3, 0.4) is 0 Å². The molecule has 1 fully saturated rings. The van der Waals surface area contributed by atoms with Gasteiger partial charge in [0.15, 0.2) is 0 Å². The summed E-state index contributed by atoms with van der Waals surface area (Å²) >= 11 is 0. The highest BCUT2D eigenvalue weighted by molar-refractivity contribution is 5.95. The van der Waals surface area contributed by atoms with Gasteiger partial charge in [0, 0.05) is 50.8 Å². The minimum Gasteiger partial charge on any atom is -0.496 e. The van der Waals surface area contributed by atoms with Crippen LogP contribution in [0.2, 0.25) is 0 Å². The Morgan fingerprint density at radius 3 is 2.60 bits per heavy atom. The minimum atomic E-state index is -0.823. The fourth-order valence-corrected chi connectivity index (χ4v) is 5.64. The number of hydrogen-bond donors (Lipinski definition) is 2. The van der Waals surface area contributed by atoms with Crippen molar-refractivity contribution >= 4 is 17.7 Å². The highest BCUT2D eigenvalue weighted by Gasteiger charge is 2.44. The number of aryl methyl sites for hydroxylation is 2. The van der Waals surface area contributed by atoms with Crippen LogP contribution in [0.5, 0.6) is 5.75 Å². The molecule has 1 spiro atoms. The van der Waals surface area contributed by atoms with Gasteiger partial charge in [-0.2, -0.15) is 0 Å². The molecular formula is C30H36N6O4. The van der Waals surface area contributed by atoms with Gasteiger partial charge in [-0.25, -0.2) is 0 Å². The Balaban J connectivity index is 1.38. The molecule has 1 atom stereocenters. The van der Waals surface area contributed by atoms with E-state index in [9.17, 15) is 14.4 Å². The maximum atomic E-state index is 14.1. The molecule has 2 aliphatic rings. The number of fused-ring (bicyclic) bond motifs is 2. The zero-order chi connectivity index (χ0) is 28.1. The molecule has 0 unspecified atom stereocenters. The number of carbonyl (C=O) groups is 3. The molecule has 5 rings (SSSR count). The van der Waals surface area contributed by atoms with Crippen LogP contribution < -0.4 is 15.4 Å². The summed E-state index contributed by atoms with van der Waals surface area (Å²) in [5, 5.41) is 14.6. The second-order valence-corrected chi connectivity index (χ2v) is 10.8. The van der Waals surface area contributed by atoms with Crippen LogP contribution in [0.15, 0.2) is 54.7 Å². The molecule has 10 heteroatoms. The fourth-order valence-electron chi connectivity index (χ4n) is 5.64. The average molecular weight is 545 g/mol. The minimum absolute atomic E-state index is 0.0714. The van der Waals surface area contributed by atoms with Crippen LogP contribution in [-0.2, 0) is 29.0 Å². The third kappa shape index (κ3) is 6.00. The van der Waals surface area contributed by atoms with E-state index in [1.54, 1.807) is 28.8 Å². The zero-order valence-corrected chi connectivity index (χ0v) is 23.1. The molecular weight excluding hydrogens is 508 g/mol. The van der Waals surface area contributed by atoms with Crippen LogP contribution >= 0.6 is 0 Å². The first-order valence-electron chi connectivity index (χ1n) is 13.8. The van der Waals surface area contributed by atoms with E-state index in [0.29, 0.717) is 63.8 Å². The topological polar surface area (TPSA) is 118 Å². The van der Waals surface area contributed by atoms with Gasteiger partial charge < -0.3 is 20.3 Å². The van der Waals surface area contributed by atoms with E-state index < -0.39 is 11.5 Å². The Labute approximate surface area is 234 Å². The van der Waals surface area contributed by atoms with Gasteiger partial charge in [0.2, 0.25) is 11.8 Å². The summed E-state index contributed by atoms with van der Waals surface area (Å²) in [7, 11) is 1.61. The number of likely N-dealkylation sites (tertiary alicyclic amines) is 1. The molecule has 1 saturated heterocycles. The number of carbonyl (C=O) groups excluding carboxylic acids is 3. The molecule has 2 bridgehead atoms. The highest BCUT2D eigenvalue weighted by Crippen LogP contribution is 2.36. The summed E-state index contributed by atoms with van der Waals surface area (Å²) in [6.07, 6.45) is 4.27. The Morgan fingerprint density at radius 2 is 1.88 bits per heavy atom. The summed E-state index contributed by atoms with van der Waals surface area (Å²) in [6.45, 7) is 3.84. The van der Waals surface area contributed by atoms with Crippen molar-refractivity contribution < 1.29 is 19.1 Å². The normalized spacial score (nSPS) is 19.6. The molecule has 3 heterocycles. The van der Waals surface area contributed by atoms with Crippen LogP contribution in [0, 0.1) is 12.3 Å². The molecule has 2 N–H and O–H groups in total. The number of benzene rings is 2. The molecule has 2 aromatic carbocycles. The lowest BCUT2D eigenvalue weighted by Gasteiger charge is -2.41. The maximum absolute atomic E-state index is 14.1. The molecule has 0 radical (unpaired) electrons. The second-order valence-electron chi connectivity index (χ2n) is 10.8. The molecule has 1 aromatic heterocycles. The Bertz CT molecular complexity index is 1360. The fraction of sp³-hybridized carbons (Fsp3) is 0.433. The number of piperidine rings is 1. The molecule has 0 aliphatic carbocycles. The van der Waals surface area contributed by atoms with Crippen LogP contribution in [0.25, 0.3) is 0 Å². The first kappa shape index (κ1) is 27.4. The van der Waals surface area contributed by atoms with E-state index in [1.165, 1.54) is 0 Å². The van der Waals surface area contributed by atoms with Crippen LogP contribution in [0.4, 0.5) is 0 Å². The van der Waals surface area contributed by atoms with Gasteiger partial charge in [0.1, 0.15) is 11.8 Å². The molecule has 3 aromatic rings. The summed E-state index contributed by atoms with van der Waals surface area (Å²) in [5.41, 5.74) is 2.37. The van der Waals surface area contributed by atoms with Gasteiger partial charge in [-0.15, -0.1) is 5.10 Å². The van der Waals surface area contributed by atoms with Gasteiger partial charge in [-0.05, 0) is 55.5 Å². The van der Waals surface area contributed by atoms with Crippen molar-refractivity contribution in [2.45, 2.75) is 51.6 Å². The van der Waals surface area contributed by atoms with Crippen LogP contribution in [0.1, 0.15) is 46.4 Å². The number of ether oxygens (including phenoxy) is 1. The van der Waals surface area contributed by atoms with Crippen molar-refractivity contribution in [2.24, 2.45) is 5.41 Å². The largest absolute Gasteiger partial charge is 0.496 e. The summed E-state index contributed by atoms with van der Waals surface area (Å²) in [6, 6.07) is 14.4. The molecule has 210 valence electrons. The van der Waals surface area contributed by atoms with Gasteiger partial charge >= 0.3 is 0 Å².